The number of benzene rings is 1. The largest absolute Gasteiger partial charge is 0.378 e. The molecular formula is C32H43NO2. The van der Waals surface area contributed by atoms with E-state index in [2.05, 4.69) is 75.9 Å². The Morgan fingerprint density at radius 2 is 1.80 bits per heavy atom. The van der Waals surface area contributed by atoms with Gasteiger partial charge < -0.3 is 10.0 Å². The molecule has 5 atom stereocenters. The number of carbonyl (C=O) groups is 1. The van der Waals surface area contributed by atoms with Gasteiger partial charge in [-0.25, -0.2) is 0 Å². The topological polar surface area (TPSA) is 40.5 Å². The van der Waals surface area contributed by atoms with Crippen molar-refractivity contribution >= 4 is 11.5 Å². The Balaban J connectivity index is 0.00000289. The number of carbonyl (C=O) groups excluding carboxylic acids is 1. The lowest BCUT2D eigenvalue weighted by Gasteiger charge is -2.53. The van der Waals surface area contributed by atoms with Gasteiger partial charge in [-0.3, -0.25) is 4.79 Å². The minimum absolute atomic E-state index is 0. The van der Waals surface area contributed by atoms with Crippen molar-refractivity contribution in [1.29, 1.82) is 0 Å². The molecular weight excluding hydrogens is 430 g/mol. The van der Waals surface area contributed by atoms with Crippen LogP contribution < -0.4 is 4.90 Å². The predicted octanol–water partition coefficient (Wildman–Crippen LogP) is 6.68. The van der Waals surface area contributed by atoms with Crippen LogP contribution in [0.1, 0.15) is 84.6 Å². The lowest BCUT2D eigenvalue weighted by molar-refractivity contribution is -0.114. The highest BCUT2D eigenvalue weighted by molar-refractivity contribution is 5.93. The van der Waals surface area contributed by atoms with Gasteiger partial charge >= 0.3 is 0 Å². The fourth-order valence-electron chi connectivity index (χ4n) is 7.44. The van der Waals surface area contributed by atoms with E-state index in [1.807, 2.05) is 6.08 Å². The summed E-state index contributed by atoms with van der Waals surface area (Å²) in [4.78, 5) is 14.4. The van der Waals surface area contributed by atoms with Gasteiger partial charge in [-0.05, 0) is 85.3 Å². The summed E-state index contributed by atoms with van der Waals surface area (Å²) in [5, 5.41) is 12.0. The van der Waals surface area contributed by atoms with Crippen molar-refractivity contribution in [2.45, 2.75) is 84.7 Å². The fourth-order valence-corrected chi connectivity index (χ4v) is 7.44. The zero-order chi connectivity index (χ0) is 24.3. The SMILES string of the molecule is C.CC(C)C#C[C@]1(O)CCC2C3CCC4=CC(=O)CCC4=C3C(c3ccc(N(C)C)cc3)C[C@@]21C. The molecule has 35 heavy (non-hydrogen) atoms. The molecule has 0 aliphatic heterocycles. The number of nitrogens with zero attached hydrogens (tertiary/aromatic N) is 1. The van der Waals surface area contributed by atoms with E-state index in [0.29, 0.717) is 18.3 Å². The molecule has 0 saturated heterocycles. The first-order valence-electron chi connectivity index (χ1n) is 13.1. The molecule has 3 heteroatoms. The average molecular weight is 474 g/mol. The van der Waals surface area contributed by atoms with Gasteiger partial charge in [0.15, 0.2) is 5.78 Å². The van der Waals surface area contributed by atoms with Crippen LogP contribution >= 0.6 is 0 Å². The van der Waals surface area contributed by atoms with Crippen LogP contribution in [0.25, 0.3) is 0 Å². The molecule has 0 spiro atoms. The maximum absolute atomic E-state index is 12.2. The van der Waals surface area contributed by atoms with Crippen molar-refractivity contribution < 1.29 is 9.90 Å². The van der Waals surface area contributed by atoms with Gasteiger partial charge in [0.2, 0.25) is 0 Å². The molecule has 5 rings (SSSR count). The van der Waals surface area contributed by atoms with Gasteiger partial charge in [-0.1, -0.05) is 57.7 Å². The van der Waals surface area contributed by atoms with Crippen LogP contribution in [-0.2, 0) is 4.79 Å². The highest BCUT2D eigenvalue weighted by Gasteiger charge is 2.62. The number of ketones is 1. The Morgan fingerprint density at radius 1 is 1.09 bits per heavy atom. The Morgan fingerprint density at radius 3 is 2.46 bits per heavy atom. The van der Waals surface area contributed by atoms with Crippen molar-refractivity contribution in [2.75, 3.05) is 19.0 Å². The maximum atomic E-state index is 12.2. The van der Waals surface area contributed by atoms with E-state index >= 15 is 0 Å². The lowest BCUT2D eigenvalue weighted by Crippen LogP contribution is -2.51. The molecule has 0 heterocycles. The van der Waals surface area contributed by atoms with E-state index in [-0.39, 0.29) is 30.5 Å². The van der Waals surface area contributed by atoms with Crippen LogP contribution in [0.4, 0.5) is 5.69 Å². The van der Waals surface area contributed by atoms with Crippen molar-refractivity contribution in [2.24, 2.45) is 23.2 Å². The van der Waals surface area contributed by atoms with Crippen molar-refractivity contribution in [1.82, 2.24) is 0 Å². The Labute approximate surface area is 212 Å². The zero-order valence-corrected chi connectivity index (χ0v) is 21.4. The number of anilines is 1. The third-order valence-corrected chi connectivity index (χ3v) is 9.27. The fraction of sp³-hybridized carbons (Fsp3) is 0.594. The van der Waals surface area contributed by atoms with Crippen molar-refractivity contribution in [3.8, 4) is 11.8 Å². The van der Waals surface area contributed by atoms with Gasteiger partial charge in [0, 0.05) is 43.5 Å². The lowest BCUT2D eigenvalue weighted by atomic mass is 9.51. The first-order chi connectivity index (χ1) is 16.1. The molecule has 1 aromatic carbocycles. The van der Waals surface area contributed by atoms with Crippen LogP contribution in [0.5, 0.6) is 0 Å². The van der Waals surface area contributed by atoms with E-state index < -0.39 is 5.60 Å². The molecule has 1 N–H and O–H groups in total. The minimum atomic E-state index is -0.932. The Bertz CT molecular complexity index is 1110. The highest BCUT2D eigenvalue weighted by atomic mass is 16.3. The normalized spacial score (nSPS) is 33.6. The maximum Gasteiger partial charge on any atom is 0.156 e. The molecule has 3 nitrogen and oxygen atoms in total. The number of hydrogen-bond acceptors (Lipinski definition) is 3. The van der Waals surface area contributed by atoms with Crippen molar-refractivity contribution in [3.05, 3.63) is 52.6 Å². The predicted molar refractivity (Wildman–Crippen MR) is 145 cm³/mol. The number of rotatable bonds is 2. The molecule has 4 aliphatic carbocycles. The average Bonchev–Trinajstić information content (AvgIpc) is 3.07. The molecule has 0 amide bonds. The zero-order valence-electron chi connectivity index (χ0n) is 21.4. The Kier molecular flexibility index (Phi) is 6.84. The second kappa shape index (κ2) is 9.29. The molecule has 4 aliphatic rings. The monoisotopic (exact) mass is 473 g/mol. The summed E-state index contributed by atoms with van der Waals surface area (Å²) in [7, 11) is 4.15. The highest BCUT2D eigenvalue weighted by Crippen LogP contribution is 2.66. The summed E-state index contributed by atoms with van der Waals surface area (Å²) in [5.74, 6) is 8.40. The van der Waals surface area contributed by atoms with Gasteiger partial charge in [0.25, 0.3) is 0 Å². The summed E-state index contributed by atoms with van der Waals surface area (Å²) in [6, 6.07) is 9.00. The first kappa shape index (κ1) is 25.8. The standard InChI is InChI=1S/C31H39NO2.CH4/c1-20(2)14-16-31(34)17-15-28-26-12-8-22-18-24(33)11-13-25(22)29(26)27(19-30(28,31)3)21-6-9-23(10-7-21)32(4)5;/h6-7,9-10,18,20,26-28,34H,8,11-13,15,17,19H2,1-5H3;1H4/t26?,27?,28?,30-,31-;/m0./s1. The van der Waals surface area contributed by atoms with Crippen molar-refractivity contribution in [3.63, 3.8) is 0 Å². The molecule has 0 bridgehead atoms. The number of fused-ring (bicyclic) bond motifs is 4. The number of allylic oxidation sites excluding steroid dienone is 4. The third-order valence-electron chi connectivity index (χ3n) is 9.27. The number of hydrogen-bond donors (Lipinski definition) is 1. The second-order valence-electron chi connectivity index (χ2n) is 11.8. The van der Waals surface area contributed by atoms with E-state index in [1.54, 1.807) is 5.57 Å². The molecule has 2 fully saturated rings. The molecule has 3 unspecified atom stereocenters. The van der Waals surface area contributed by atoms with Gasteiger partial charge in [-0.15, -0.1) is 0 Å². The van der Waals surface area contributed by atoms with Crippen LogP contribution in [-0.4, -0.2) is 30.6 Å². The summed E-state index contributed by atoms with van der Waals surface area (Å²) in [6.07, 6.45) is 8.23. The van der Waals surface area contributed by atoms with Crippen LogP contribution in [0.15, 0.2) is 47.1 Å². The van der Waals surface area contributed by atoms with Gasteiger partial charge in [-0.2, -0.15) is 0 Å². The summed E-state index contributed by atoms with van der Waals surface area (Å²) in [5.41, 5.74) is 5.69. The second-order valence-corrected chi connectivity index (χ2v) is 11.8. The smallest absolute Gasteiger partial charge is 0.156 e. The summed E-state index contributed by atoms with van der Waals surface area (Å²) in [6.45, 7) is 6.52. The van der Waals surface area contributed by atoms with Crippen LogP contribution in [0, 0.1) is 35.0 Å². The minimum Gasteiger partial charge on any atom is -0.378 e. The summed E-state index contributed by atoms with van der Waals surface area (Å²) >= 11 is 0. The van der Waals surface area contributed by atoms with Gasteiger partial charge in [0.05, 0.1) is 0 Å². The third kappa shape index (κ3) is 4.19. The van der Waals surface area contributed by atoms with E-state index in [0.717, 1.165) is 38.5 Å². The quantitative estimate of drug-likeness (QED) is 0.487. The Hall–Kier alpha value is -2.31. The molecule has 188 valence electrons. The van der Waals surface area contributed by atoms with Crippen LogP contribution in [0.2, 0.25) is 0 Å². The first-order valence-corrected chi connectivity index (χ1v) is 13.1. The van der Waals surface area contributed by atoms with E-state index in [4.69, 9.17) is 0 Å². The summed E-state index contributed by atoms with van der Waals surface area (Å²) < 4.78 is 0. The molecule has 1 aromatic rings. The van der Waals surface area contributed by atoms with Gasteiger partial charge in [0.1, 0.15) is 5.60 Å². The molecule has 0 radical (unpaired) electrons. The number of aliphatic hydroxyl groups is 1. The molecule has 0 aromatic heterocycles. The van der Waals surface area contributed by atoms with E-state index in [1.165, 1.54) is 22.4 Å². The van der Waals surface area contributed by atoms with E-state index in [9.17, 15) is 9.90 Å². The van der Waals surface area contributed by atoms with Crippen LogP contribution in [0.3, 0.4) is 0 Å². The molecule has 2 saturated carbocycles.